The maximum absolute atomic E-state index is 12.8. The number of carbonyl (C=O) groups is 2. The van der Waals surface area contributed by atoms with Crippen molar-refractivity contribution in [3.8, 4) is 0 Å². The smallest absolute Gasteiger partial charge is 0.309 e. The van der Waals surface area contributed by atoms with Crippen molar-refractivity contribution in [2.24, 2.45) is 11.8 Å². The van der Waals surface area contributed by atoms with Crippen LogP contribution in [0, 0.1) is 11.8 Å². The first-order chi connectivity index (χ1) is 13.6. The summed E-state index contributed by atoms with van der Waals surface area (Å²) in [6.07, 6.45) is 4.16. The zero-order valence-electron chi connectivity index (χ0n) is 20.2. The molecule has 0 spiro atoms. The van der Waals surface area contributed by atoms with Crippen molar-refractivity contribution in [1.82, 2.24) is 10.6 Å². The summed E-state index contributed by atoms with van der Waals surface area (Å²) in [6, 6.07) is 0. The molecule has 2 N–H and O–H groups in total. The highest BCUT2D eigenvalue weighted by Crippen LogP contribution is 2.37. The molecule has 2 atom stereocenters. The zero-order valence-corrected chi connectivity index (χ0v) is 20.2. The molecule has 2 aliphatic heterocycles. The van der Waals surface area contributed by atoms with E-state index in [2.05, 4.69) is 66.0 Å². The Morgan fingerprint density at radius 2 is 0.933 bits per heavy atom. The molecule has 3 rings (SSSR count). The van der Waals surface area contributed by atoms with Crippen molar-refractivity contribution in [3.05, 3.63) is 0 Å². The first-order valence-electron chi connectivity index (χ1n) is 11.6. The lowest BCUT2D eigenvalue weighted by Crippen LogP contribution is -2.48. The second kappa shape index (κ2) is 7.77. The van der Waals surface area contributed by atoms with Crippen molar-refractivity contribution < 1.29 is 19.1 Å². The summed E-state index contributed by atoms with van der Waals surface area (Å²) in [7, 11) is 0. The molecular weight excluding hydrogens is 380 g/mol. The van der Waals surface area contributed by atoms with Crippen molar-refractivity contribution in [2.45, 2.75) is 128 Å². The molecule has 2 saturated heterocycles. The Bertz CT molecular complexity index is 617. The average molecular weight is 423 g/mol. The van der Waals surface area contributed by atoms with Gasteiger partial charge in [0.2, 0.25) is 0 Å². The van der Waals surface area contributed by atoms with E-state index < -0.39 is 0 Å². The van der Waals surface area contributed by atoms with E-state index in [0.717, 1.165) is 12.8 Å². The van der Waals surface area contributed by atoms with Crippen molar-refractivity contribution in [3.63, 3.8) is 0 Å². The molecule has 1 saturated carbocycles. The summed E-state index contributed by atoms with van der Waals surface area (Å²) in [5, 5.41) is 7.11. The van der Waals surface area contributed by atoms with Gasteiger partial charge < -0.3 is 20.1 Å². The van der Waals surface area contributed by atoms with Crippen LogP contribution in [0.5, 0.6) is 0 Å². The van der Waals surface area contributed by atoms with Gasteiger partial charge in [0.05, 0.1) is 22.9 Å². The lowest BCUT2D eigenvalue weighted by Gasteiger charge is -2.32. The van der Waals surface area contributed by atoms with Gasteiger partial charge in [0.25, 0.3) is 0 Å². The molecule has 2 unspecified atom stereocenters. The van der Waals surface area contributed by atoms with E-state index in [1.807, 2.05) is 0 Å². The minimum absolute atomic E-state index is 0.0344. The number of rotatable bonds is 4. The van der Waals surface area contributed by atoms with Crippen LogP contribution in [0.25, 0.3) is 0 Å². The van der Waals surface area contributed by atoms with Crippen LogP contribution in [-0.2, 0) is 19.1 Å². The molecule has 2 heterocycles. The van der Waals surface area contributed by atoms with Crippen LogP contribution in [0.2, 0.25) is 0 Å². The standard InChI is InChI=1S/C24H42N2O4/c1-21(2)13-17(23(5,6)25-21)29-19(27)15-9-11-16(12-10-15)20(28)30-18-14-22(3,4)26-24(18,7)8/h15-18,25-26H,9-14H2,1-8H3. The number of esters is 2. The van der Waals surface area contributed by atoms with Crippen molar-refractivity contribution >= 4 is 11.9 Å². The van der Waals surface area contributed by atoms with Gasteiger partial charge in [-0.1, -0.05) is 0 Å². The predicted molar refractivity (Wildman–Crippen MR) is 117 cm³/mol. The average Bonchev–Trinajstić information content (AvgIpc) is 2.92. The Morgan fingerprint density at radius 1 is 0.633 bits per heavy atom. The highest BCUT2D eigenvalue weighted by atomic mass is 16.6. The van der Waals surface area contributed by atoms with Crippen LogP contribution in [0.3, 0.4) is 0 Å². The summed E-state index contributed by atoms with van der Waals surface area (Å²) in [5.74, 6) is -0.446. The summed E-state index contributed by atoms with van der Waals surface area (Å²) < 4.78 is 11.9. The molecule has 0 aromatic carbocycles. The Kier molecular flexibility index (Phi) is 6.09. The molecule has 0 radical (unpaired) electrons. The van der Waals surface area contributed by atoms with Gasteiger partial charge in [0.15, 0.2) is 0 Å². The Hall–Kier alpha value is -1.14. The predicted octanol–water partition coefficient (Wildman–Crippen LogP) is 3.72. The monoisotopic (exact) mass is 422 g/mol. The lowest BCUT2D eigenvalue weighted by atomic mass is 9.82. The zero-order chi connectivity index (χ0) is 22.5. The van der Waals surface area contributed by atoms with Gasteiger partial charge in [0, 0.05) is 23.9 Å². The second-order valence-electron chi connectivity index (χ2n) is 12.3. The van der Waals surface area contributed by atoms with E-state index in [1.54, 1.807) is 0 Å². The molecule has 6 nitrogen and oxygen atoms in total. The van der Waals surface area contributed by atoms with Crippen molar-refractivity contribution in [2.75, 3.05) is 0 Å². The SMILES string of the molecule is CC1(C)CC(OC(=O)C2CCC(C(=O)OC3CC(C)(C)NC3(C)C)CC2)C(C)(C)N1. The summed E-state index contributed by atoms with van der Waals surface area (Å²) in [4.78, 5) is 25.6. The molecule has 3 fully saturated rings. The molecule has 0 amide bonds. The normalized spacial score (nSPS) is 36.3. The van der Waals surface area contributed by atoms with Gasteiger partial charge >= 0.3 is 11.9 Å². The van der Waals surface area contributed by atoms with Gasteiger partial charge in [0.1, 0.15) is 12.2 Å². The fourth-order valence-corrected chi connectivity index (χ4v) is 5.86. The Labute approximate surface area is 182 Å². The largest absolute Gasteiger partial charge is 0.460 e. The fraction of sp³-hybridized carbons (Fsp3) is 0.917. The van der Waals surface area contributed by atoms with Crippen LogP contribution in [0.1, 0.15) is 93.9 Å². The third kappa shape index (κ3) is 5.18. The molecule has 172 valence electrons. The molecule has 30 heavy (non-hydrogen) atoms. The first-order valence-corrected chi connectivity index (χ1v) is 11.6. The topological polar surface area (TPSA) is 76.7 Å². The van der Waals surface area contributed by atoms with Crippen LogP contribution < -0.4 is 10.6 Å². The fourth-order valence-electron chi connectivity index (χ4n) is 5.86. The minimum atomic E-state index is -0.226. The van der Waals surface area contributed by atoms with Crippen LogP contribution in [0.4, 0.5) is 0 Å². The molecule has 0 bridgehead atoms. The molecule has 0 aromatic rings. The van der Waals surface area contributed by atoms with E-state index in [4.69, 9.17) is 9.47 Å². The van der Waals surface area contributed by atoms with E-state index in [-0.39, 0.29) is 58.1 Å². The second-order valence-corrected chi connectivity index (χ2v) is 12.3. The van der Waals surface area contributed by atoms with E-state index >= 15 is 0 Å². The van der Waals surface area contributed by atoms with Gasteiger partial charge in [-0.05, 0) is 81.1 Å². The number of carbonyl (C=O) groups excluding carboxylic acids is 2. The summed E-state index contributed by atoms with van der Waals surface area (Å²) in [5.41, 5.74) is -0.521. The van der Waals surface area contributed by atoms with Gasteiger partial charge in [-0.15, -0.1) is 0 Å². The lowest BCUT2D eigenvalue weighted by molar-refractivity contribution is -0.163. The van der Waals surface area contributed by atoms with Crippen LogP contribution >= 0.6 is 0 Å². The third-order valence-corrected chi connectivity index (χ3v) is 7.23. The highest BCUT2D eigenvalue weighted by Gasteiger charge is 2.48. The van der Waals surface area contributed by atoms with Gasteiger partial charge in [-0.2, -0.15) is 0 Å². The third-order valence-electron chi connectivity index (χ3n) is 7.23. The quantitative estimate of drug-likeness (QED) is 0.673. The van der Waals surface area contributed by atoms with Gasteiger partial charge in [-0.3, -0.25) is 9.59 Å². The Morgan fingerprint density at radius 3 is 1.17 bits per heavy atom. The first kappa shape index (κ1) is 23.5. The molecule has 3 aliphatic rings. The van der Waals surface area contributed by atoms with E-state index in [9.17, 15) is 9.59 Å². The molecule has 0 aromatic heterocycles. The van der Waals surface area contributed by atoms with Crippen molar-refractivity contribution in [1.29, 1.82) is 0 Å². The maximum Gasteiger partial charge on any atom is 0.309 e. The minimum Gasteiger partial charge on any atom is -0.460 e. The van der Waals surface area contributed by atoms with Gasteiger partial charge in [-0.25, -0.2) is 0 Å². The molecular formula is C24H42N2O4. The highest BCUT2D eigenvalue weighted by molar-refractivity contribution is 5.75. The molecule has 6 heteroatoms. The number of hydrogen-bond acceptors (Lipinski definition) is 6. The van der Waals surface area contributed by atoms with E-state index in [1.165, 1.54) is 0 Å². The summed E-state index contributed by atoms with van der Waals surface area (Å²) >= 11 is 0. The molecule has 1 aliphatic carbocycles. The summed E-state index contributed by atoms with van der Waals surface area (Å²) in [6.45, 7) is 16.9. The van der Waals surface area contributed by atoms with Crippen LogP contribution in [-0.4, -0.2) is 46.3 Å². The van der Waals surface area contributed by atoms with Crippen LogP contribution in [0.15, 0.2) is 0 Å². The Balaban J connectivity index is 1.49. The number of nitrogens with one attached hydrogen (secondary N) is 2. The number of hydrogen-bond donors (Lipinski definition) is 2. The van der Waals surface area contributed by atoms with E-state index in [0.29, 0.717) is 25.7 Å². The maximum atomic E-state index is 12.8. The number of ether oxygens (including phenoxy) is 2.